The Morgan fingerprint density at radius 3 is 2.44 bits per heavy atom. The van der Waals surface area contributed by atoms with Crippen LogP contribution in [0.25, 0.3) is 0 Å². The summed E-state index contributed by atoms with van der Waals surface area (Å²) in [5, 5.41) is 4.01. The monoisotopic (exact) mass is 221 g/mol. The highest BCUT2D eigenvalue weighted by Gasteiger charge is 2.44. The van der Waals surface area contributed by atoms with Crippen molar-refractivity contribution in [3.8, 4) is 0 Å². The molecule has 0 aromatic carbocycles. The summed E-state index contributed by atoms with van der Waals surface area (Å²) in [5.41, 5.74) is 0. The third-order valence-corrected chi connectivity index (χ3v) is 5.76. The van der Waals surface area contributed by atoms with E-state index in [0.717, 1.165) is 35.8 Å². The molecule has 1 nitrogen and oxygen atoms in total. The predicted molar refractivity (Wildman–Crippen MR) is 68.3 cm³/mol. The van der Waals surface area contributed by atoms with E-state index in [1.165, 1.54) is 44.9 Å². The summed E-state index contributed by atoms with van der Waals surface area (Å²) < 4.78 is 0. The summed E-state index contributed by atoms with van der Waals surface area (Å²) in [7, 11) is 0. The van der Waals surface area contributed by atoms with E-state index in [1.807, 2.05) is 0 Å². The number of nitrogens with one attached hydrogen (secondary N) is 1. The Labute approximate surface area is 100 Å². The average Bonchev–Trinajstić information content (AvgIpc) is 2.31. The maximum Gasteiger partial charge on any atom is 0.0101 e. The number of piperidine rings is 1. The molecule has 6 unspecified atom stereocenters. The van der Waals surface area contributed by atoms with Crippen LogP contribution in [-0.2, 0) is 0 Å². The molecule has 0 bridgehead atoms. The first-order valence-corrected chi connectivity index (χ1v) is 7.51. The number of fused-ring (bicyclic) bond motifs is 2. The predicted octanol–water partition coefficient (Wildman–Crippen LogP) is 3.59. The van der Waals surface area contributed by atoms with Gasteiger partial charge in [0, 0.05) is 12.1 Å². The molecule has 0 radical (unpaired) electrons. The highest BCUT2D eigenvalue weighted by atomic mass is 15.0. The van der Waals surface area contributed by atoms with Crippen LogP contribution >= 0.6 is 0 Å². The van der Waals surface area contributed by atoms with Crippen molar-refractivity contribution in [1.82, 2.24) is 5.32 Å². The van der Waals surface area contributed by atoms with Crippen LogP contribution in [0.5, 0.6) is 0 Å². The lowest BCUT2D eigenvalue weighted by atomic mass is 9.62. The lowest BCUT2D eigenvalue weighted by molar-refractivity contribution is 0.0245. The molecule has 0 aromatic rings. The summed E-state index contributed by atoms with van der Waals surface area (Å²) in [6.07, 6.45) is 10.3. The van der Waals surface area contributed by atoms with Crippen LogP contribution in [0, 0.1) is 23.7 Å². The molecule has 1 N–H and O–H groups in total. The third kappa shape index (κ3) is 1.81. The van der Waals surface area contributed by atoms with Crippen LogP contribution in [0.4, 0.5) is 0 Å². The molecule has 1 saturated heterocycles. The van der Waals surface area contributed by atoms with Crippen LogP contribution in [0.2, 0.25) is 0 Å². The van der Waals surface area contributed by atoms with Crippen LogP contribution < -0.4 is 5.32 Å². The summed E-state index contributed by atoms with van der Waals surface area (Å²) in [5.74, 6) is 3.95. The van der Waals surface area contributed by atoms with Crippen molar-refractivity contribution in [2.24, 2.45) is 23.7 Å². The molecule has 1 heteroatoms. The van der Waals surface area contributed by atoms with Gasteiger partial charge in [0.1, 0.15) is 0 Å². The van der Waals surface area contributed by atoms with E-state index in [9.17, 15) is 0 Å². The first-order chi connectivity index (χ1) is 7.75. The van der Waals surface area contributed by atoms with Gasteiger partial charge in [-0.3, -0.25) is 0 Å². The molecule has 2 saturated carbocycles. The van der Waals surface area contributed by atoms with Crippen LogP contribution in [0.1, 0.15) is 58.8 Å². The van der Waals surface area contributed by atoms with Gasteiger partial charge >= 0.3 is 0 Å². The maximum atomic E-state index is 4.01. The highest BCUT2D eigenvalue weighted by Crippen LogP contribution is 2.45. The van der Waals surface area contributed by atoms with Crippen molar-refractivity contribution in [3.05, 3.63) is 0 Å². The smallest absolute Gasteiger partial charge is 0.0101 e. The van der Waals surface area contributed by atoms with Gasteiger partial charge in [0.15, 0.2) is 0 Å². The summed E-state index contributed by atoms with van der Waals surface area (Å²) in [6, 6.07) is 1.74. The SMILES string of the molecule is CC1CCC2NC3CCCCC3C(C)C2C1. The number of hydrogen-bond donors (Lipinski definition) is 1. The average molecular weight is 221 g/mol. The van der Waals surface area contributed by atoms with E-state index >= 15 is 0 Å². The molecule has 0 spiro atoms. The van der Waals surface area contributed by atoms with Crippen molar-refractivity contribution >= 4 is 0 Å². The second-order valence-corrected chi connectivity index (χ2v) is 6.77. The number of rotatable bonds is 0. The summed E-state index contributed by atoms with van der Waals surface area (Å²) >= 11 is 0. The molecule has 1 aliphatic heterocycles. The maximum absolute atomic E-state index is 4.01. The third-order valence-electron chi connectivity index (χ3n) is 5.76. The van der Waals surface area contributed by atoms with Gasteiger partial charge in [-0.15, -0.1) is 0 Å². The van der Waals surface area contributed by atoms with Crippen LogP contribution in [0.15, 0.2) is 0 Å². The first kappa shape index (κ1) is 11.1. The quantitative estimate of drug-likeness (QED) is 0.659. The van der Waals surface area contributed by atoms with E-state index in [-0.39, 0.29) is 0 Å². The minimum atomic E-state index is 0.866. The van der Waals surface area contributed by atoms with Gasteiger partial charge in [-0.25, -0.2) is 0 Å². The van der Waals surface area contributed by atoms with Crippen molar-refractivity contribution < 1.29 is 0 Å². The molecule has 0 amide bonds. The van der Waals surface area contributed by atoms with E-state index in [2.05, 4.69) is 19.2 Å². The van der Waals surface area contributed by atoms with Crippen molar-refractivity contribution in [2.75, 3.05) is 0 Å². The topological polar surface area (TPSA) is 12.0 Å². The zero-order valence-electron chi connectivity index (χ0n) is 10.9. The molecule has 3 aliphatic rings. The fraction of sp³-hybridized carbons (Fsp3) is 1.00. The zero-order valence-corrected chi connectivity index (χ0v) is 10.9. The van der Waals surface area contributed by atoms with Gasteiger partial charge in [0.2, 0.25) is 0 Å². The Hall–Kier alpha value is -0.0400. The van der Waals surface area contributed by atoms with Gasteiger partial charge < -0.3 is 5.32 Å². The van der Waals surface area contributed by atoms with E-state index in [1.54, 1.807) is 0 Å². The minimum absolute atomic E-state index is 0.866. The van der Waals surface area contributed by atoms with Crippen molar-refractivity contribution in [2.45, 2.75) is 70.9 Å². The van der Waals surface area contributed by atoms with Crippen LogP contribution in [-0.4, -0.2) is 12.1 Å². The van der Waals surface area contributed by atoms with Gasteiger partial charge in [0.05, 0.1) is 0 Å². The van der Waals surface area contributed by atoms with Gasteiger partial charge in [0.25, 0.3) is 0 Å². The van der Waals surface area contributed by atoms with E-state index in [4.69, 9.17) is 0 Å². The zero-order chi connectivity index (χ0) is 11.1. The van der Waals surface area contributed by atoms with Crippen LogP contribution in [0.3, 0.4) is 0 Å². The lowest BCUT2D eigenvalue weighted by Gasteiger charge is -2.52. The lowest BCUT2D eigenvalue weighted by Crippen LogP contribution is -2.58. The minimum Gasteiger partial charge on any atom is -0.311 e. The Bertz CT molecular complexity index is 250. The Morgan fingerprint density at radius 1 is 0.812 bits per heavy atom. The molecule has 16 heavy (non-hydrogen) atoms. The van der Waals surface area contributed by atoms with Gasteiger partial charge in [-0.05, 0) is 55.8 Å². The summed E-state index contributed by atoms with van der Waals surface area (Å²) in [6.45, 7) is 5.01. The largest absolute Gasteiger partial charge is 0.311 e. The summed E-state index contributed by atoms with van der Waals surface area (Å²) in [4.78, 5) is 0. The highest BCUT2D eigenvalue weighted by molar-refractivity contribution is 4.99. The first-order valence-electron chi connectivity index (χ1n) is 7.51. The second-order valence-electron chi connectivity index (χ2n) is 6.77. The number of hydrogen-bond acceptors (Lipinski definition) is 1. The molecule has 0 aromatic heterocycles. The standard InChI is InChI=1S/C15H27N/c1-10-7-8-15-13(9-10)11(2)12-5-3-4-6-14(12)16-15/h10-16H,3-9H2,1-2H3. The molecule has 3 rings (SSSR count). The van der Waals surface area contributed by atoms with Crippen molar-refractivity contribution in [3.63, 3.8) is 0 Å². The molecular formula is C15H27N. The van der Waals surface area contributed by atoms with E-state index in [0.29, 0.717) is 0 Å². The normalized spacial score (nSPS) is 52.9. The Morgan fingerprint density at radius 2 is 1.56 bits per heavy atom. The molecule has 92 valence electrons. The van der Waals surface area contributed by atoms with E-state index < -0.39 is 0 Å². The van der Waals surface area contributed by atoms with Gasteiger partial charge in [-0.1, -0.05) is 26.7 Å². The molecule has 6 atom stereocenters. The van der Waals surface area contributed by atoms with Crippen molar-refractivity contribution in [1.29, 1.82) is 0 Å². The molecule has 3 fully saturated rings. The Kier molecular flexibility index (Phi) is 2.99. The molecular weight excluding hydrogens is 194 g/mol. The molecule has 1 heterocycles. The fourth-order valence-electron chi connectivity index (χ4n) is 4.80. The Balaban J connectivity index is 1.75. The van der Waals surface area contributed by atoms with Gasteiger partial charge in [-0.2, -0.15) is 0 Å². The fourth-order valence-corrected chi connectivity index (χ4v) is 4.80. The molecule has 2 aliphatic carbocycles. The second kappa shape index (κ2) is 4.33.